The first-order chi connectivity index (χ1) is 15.2. The second-order valence-electron chi connectivity index (χ2n) is 7.82. The fourth-order valence-electron chi connectivity index (χ4n) is 4.09. The SMILES string of the molecule is O=C(c1ccc(Oc2nccnc2[C@@H]2CCC[C@H](O)C2)cc1)c1nc2ccccc2[nH]1. The maximum Gasteiger partial charge on any atom is 0.241 e. The van der Waals surface area contributed by atoms with Crippen molar-refractivity contribution < 1.29 is 14.6 Å². The van der Waals surface area contributed by atoms with Gasteiger partial charge in [0.05, 0.1) is 17.1 Å². The first-order valence-electron chi connectivity index (χ1n) is 10.4. The molecule has 0 amide bonds. The molecule has 0 bridgehead atoms. The second kappa shape index (κ2) is 8.28. The van der Waals surface area contributed by atoms with E-state index in [-0.39, 0.29) is 17.8 Å². The monoisotopic (exact) mass is 414 g/mol. The van der Waals surface area contributed by atoms with E-state index in [1.165, 1.54) is 0 Å². The number of H-pyrrole nitrogens is 1. The van der Waals surface area contributed by atoms with Crippen molar-refractivity contribution in [2.75, 3.05) is 0 Å². The van der Waals surface area contributed by atoms with Gasteiger partial charge in [-0.15, -0.1) is 0 Å². The first-order valence-corrected chi connectivity index (χ1v) is 10.4. The minimum absolute atomic E-state index is 0.126. The van der Waals surface area contributed by atoms with Crippen LogP contribution in [0, 0.1) is 0 Å². The molecule has 2 aromatic carbocycles. The Kier molecular flexibility index (Phi) is 5.18. The summed E-state index contributed by atoms with van der Waals surface area (Å²) < 4.78 is 6.00. The van der Waals surface area contributed by atoms with Crippen LogP contribution >= 0.6 is 0 Å². The van der Waals surface area contributed by atoms with Crippen molar-refractivity contribution in [3.05, 3.63) is 78.0 Å². The number of fused-ring (bicyclic) bond motifs is 1. The highest BCUT2D eigenvalue weighted by molar-refractivity contribution is 6.08. The van der Waals surface area contributed by atoms with Crippen molar-refractivity contribution in [3.8, 4) is 11.6 Å². The van der Waals surface area contributed by atoms with Crippen LogP contribution in [0.2, 0.25) is 0 Å². The van der Waals surface area contributed by atoms with Gasteiger partial charge in [0.15, 0.2) is 5.82 Å². The molecule has 0 unspecified atom stereocenters. The Balaban J connectivity index is 1.34. The zero-order valence-corrected chi connectivity index (χ0v) is 16.9. The van der Waals surface area contributed by atoms with E-state index in [1.54, 1.807) is 36.7 Å². The van der Waals surface area contributed by atoms with Crippen LogP contribution in [0.1, 0.15) is 53.5 Å². The van der Waals surface area contributed by atoms with E-state index >= 15 is 0 Å². The smallest absolute Gasteiger partial charge is 0.241 e. The van der Waals surface area contributed by atoms with Gasteiger partial charge in [-0.2, -0.15) is 0 Å². The molecule has 5 rings (SSSR count). The van der Waals surface area contributed by atoms with Crippen molar-refractivity contribution in [1.29, 1.82) is 0 Å². The molecule has 2 heterocycles. The number of nitrogens with one attached hydrogen (secondary N) is 1. The predicted octanol–water partition coefficient (Wildman–Crippen LogP) is 4.39. The Labute approximate surface area is 179 Å². The van der Waals surface area contributed by atoms with Crippen LogP contribution in [0.3, 0.4) is 0 Å². The number of nitrogens with zero attached hydrogens (tertiary/aromatic N) is 3. The maximum atomic E-state index is 12.8. The van der Waals surface area contributed by atoms with E-state index < -0.39 is 0 Å². The molecule has 2 atom stereocenters. The van der Waals surface area contributed by atoms with Gasteiger partial charge in [0.2, 0.25) is 11.7 Å². The summed E-state index contributed by atoms with van der Waals surface area (Å²) >= 11 is 0. The maximum absolute atomic E-state index is 12.8. The minimum Gasteiger partial charge on any atom is -0.437 e. The summed E-state index contributed by atoms with van der Waals surface area (Å²) in [7, 11) is 0. The van der Waals surface area contributed by atoms with Gasteiger partial charge in [-0.1, -0.05) is 18.6 Å². The molecule has 2 aromatic heterocycles. The number of carbonyl (C=O) groups excluding carboxylic acids is 1. The summed E-state index contributed by atoms with van der Waals surface area (Å²) in [5.41, 5.74) is 2.87. The number of benzene rings is 2. The van der Waals surface area contributed by atoms with Crippen molar-refractivity contribution in [2.24, 2.45) is 0 Å². The van der Waals surface area contributed by atoms with Crippen molar-refractivity contribution in [3.63, 3.8) is 0 Å². The number of hydrogen-bond acceptors (Lipinski definition) is 6. The molecule has 7 heteroatoms. The van der Waals surface area contributed by atoms with Gasteiger partial charge in [-0.25, -0.2) is 9.97 Å². The lowest BCUT2D eigenvalue weighted by Gasteiger charge is -2.26. The summed E-state index contributed by atoms with van der Waals surface area (Å²) in [5.74, 6) is 1.26. The number of aliphatic hydroxyl groups excluding tert-OH is 1. The molecule has 0 spiro atoms. The Bertz CT molecular complexity index is 1190. The lowest BCUT2D eigenvalue weighted by Crippen LogP contribution is -2.19. The van der Waals surface area contributed by atoms with Crippen LogP contribution in [-0.2, 0) is 0 Å². The molecule has 4 aromatic rings. The third kappa shape index (κ3) is 4.04. The number of ether oxygens (including phenoxy) is 1. The van der Waals surface area contributed by atoms with E-state index in [1.807, 2.05) is 24.3 Å². The molecular weight excluding hydrogens is 392 g/mol. The van der Waals surface area contributed by atoms with Gasteiger partial charge in [-0.05, 0) is 55.7 Å². The van der Waals surface area contributed by atoms with Gasteiger partial charge in [0.1, 0.15) is 11.4 Å². The molecule has 1 saturated carbocycles. The van der Waals surface area contributed by atoms with Crippen molar-refractivity contribution in [1.82, 2.24) is 19.9 Å². The Hall–Kier alpha value is -3.58. The average molecular weight is 414 g/mol. The zero-order valence-electron chi connectivity index (χ0n) is 16.9. The second-order valence-corrected chi connectivity index (χ2v) is 7.82. The molecule has 31 heavy (non-hydrogen) atoms. The van der Waals surface area contributed by atoms with Crippen LogP contribution in [0.15, 0.2) is 60.9 Å². The number of rotatable bonds is 5. The van der Waals surface area contributed by atoms with E-state index in [0.29, 0.717) is 29.4 Å². The largest absolute Gasteiger partial charge is 0.437 e. The summed E-state index contributed by atoms with van der Waals surface area (Å²) in [4.78, 5) is 29.1. The summed E-state index contributed by atoms with van der Waals surface area (Å²) in [6.07, 6.45) is 6.35. The molecule has 0 radical (unpaired) electrons. The molecule has 1 aliphatic rings. The fraction of sp³-hybridized carbons (Fsp3) is 0.250. The average Bonchev–Trinajstić information content (AvgIpc) is 3.24. The predicted molar refractivity (Wildman–Crippen MR) is 115 cm³/mol. The third-order valence-corrected chi connectivity index (χ3v) is 5.66. The van der Waals surface area contributed by atoms with Crippen LogP contribution < -0.4 is 4.74 Å². The van der Waals surface area contributed by atoms with E-state index in [9.17, 15) is 9.90 Å². The lowest BCUT2D eigenvalue weighted by molar-refractivity contribution is 0.103. The normalized spacial score (nSPS) is 18.7. The van der Waals surface area contributed by atoms with E-state index in [4.69, 9.17) is 4.74 Å². The van der Waals surface area contributed by atoms with Crippen LogP contribution in [-0.4, -0.2) is 36.9 Å². The van der Waals surface area contributed by atoms with E-state index in [0.717, 1.165) is 36.0 Å². The molecule has 0 saturated heterocycles. The molecule has 156 valence electrons. The summed E-state index contributed by atoms with van der Waals surface area (Å²) in [6, 6.07) is 14.4. The highest BCUT2D eigenvalue weighted by Gasteiger charge is 2.26. The number of hydrogen-bond donors (Lipinski definition) is 2. The van der Waals surface area contributed by atoms with Crippen molar-refractivity contribution in [2.45, 2.75) is 37.7 Å². The Morgan fingerprint density at radius 1 is 1.03 bits per heavy atom. The number of carbonyl (C=O) groups is 1. The lowest BCUT2D eigenvalue weighted by atomic mass is 9.85. The molecule has 1 fully saturated rings. The molecule has 0 aliphatic heterocycles. The van der Waals surface area contributed by atoms with E-state index in [2.05, 4.69) is 19.9 Å². The standard InChI is InChI=1S/C24H22N4O3/c29-17-5-3-4-16(14-17)21-24(26-13-12-25-21)31-18-10-8-15(9-11-18)22(30)23-27-19-6-1-2-7-20(19)28-23/h1-2,6-13,16-17,29H,3-5,14H2,(H,27,28)/t16-,17+/m1/s1. The Morgan fingerprint density at radius 2 is 1.84 bits per heavy atom. The first kappa shape index (κ1) is 19.4. The quantitative estimate of drug-likeness (QED) is 0.470. The summed E-state index contributed by atoms with van der Waals surface area (Å²) in [6.45, 7) is 0. The zero-order chi connectivity index (χ0) is 21.2. The van der Waals surface area contributed by atoms with Crippen LogP contribution in [0.4, 0.5) is 0 Å². The third-order valence-electron chi connectivity index (χ3n) is 5.66. The number of ketones is 1. The number of aromatic nitrogens is 4. The van der Waals surface area contributed by atoms with Gasteiger partial charge in [-0.3, -0.25) is 9.78 Å². The number of para-hydroxylation sites is 2. The minimum atomic E-state index is -0.308. The molecular formula is C24H22N4O3. The van der Waals surface area contributed by atoms with Crippen LogP contribution in [0.25, 0.3) is 11.0 Å². The number of aromatic amines is 1. The van der Waals surface area contributed by atoms with Gasteiger partial charge < -0.3 is 14.8 Å². The van der Waals surface area contributed by atoms with Gasteiger partial charge in [0, 0.05) is 23.9 Å². The van der Waals surface area contributed by atoms with Crippen LogP contribution in [0.5, 0.6) is 11.6 Å². The molecule has 7 nitrogen and oxygen atoms in total. The Morgan fingerprint density at radius 3 is 2.65 bits per heavy atom. The highest BCUT2D eigenvalue weighted by atomic mass is 16.5. The molecule has 1 aliphatic carbocycles. The highest BCUT2D eigenvalue weighted by Crippen LogP contribution is 2.36. The number of imidazole rings is 1. The van der Waals surface area contributed by atoms with Gasteiger partial charge in [0.25, 0.3) is 0 Å². The topological polar surface area (TPSA) is 101 Å². The summed E-state index contributed by atoms with van der Waals surface area (Å²) in [5, 5.41) is 10.0. The molecule has 2 N–H and O–H groups in total. The van der Waals surface area contributed by atoms with Crippen molar-refractivity contribution >= 4 is 16.8 Å². The number of aliphatic hydroxyl groups is 1. The van der Waals surface area contributed by atoms with Gasteiger partial charge >= 0.3 is 0 Å². The fourth-order valence-corrected chi connectivity index (χ4v) is 4.09.